The van der Waals surface area contributed by atoms with Crippen LogP contribution in [-0.2, 0) is 29.6 Å². The van der Waals surface area contributed by atoms with Crippen molar-refractivity contribution in [2.75, 3.05) is 52.5 Å². The Morgan fingerprint density at radius 2 is 0.693 bits per heavy atom. The molecule has 1 N–H and O–H groups in total. The molecule has 0 atom stereocenters. The highest BCUT2D eigenvalue weighted by molar-refractivity contribution is 6.65. The fourth-order valence-electron chi connectivity index (χ4n) is 15.9. The van der Waals surface area contributed by atoms with Crippen LogP contribution < -0.4 is 5.46 Å². The molecule has 10 nitrogen and oxygen atoms in total. The monoisotopic (exact) mass is 1340 g/mol. The summed E-state index contributed by atoms with van der Waals surface area (Å²) in [6.07, 6.45) is 7.50. The zero-order valence-corrected chi connectivity index (χ0v) is 59.9. The van der Waals surface area contributed by atoms with Gasteiger partial charge in [-0.1, -0.05) is 174 Å². The first-order chi connectivity index (χ1) is 48.7. The number of carboxylic acid groups (broad SMARTS) is 1. The number of hydrogen-bond donors (Lipinski definition) is 1. The number of nitrogens with zero attached hydrogens (tertiary/aromatic N) is 2. The number of ether oxygens (including phenoxy) is 2. The van der Waals surface area contributed by atoms with Crippen LogP contribution in [0, 0.1) is 20.8 Å². The van der Waals surface area contributed by atoms with Crippen LogP contribution in [0.4, 0.5) is 0 Å². The first-order valence-electron chi connectivity index (χ1n) is 36.2. The van der Waals surface area contributed by atoms with Gasteiger partial charge in [0.15, 0.2) is 0 Å². The predicted octanol–water partition coefficient (Wildman–Crippen LogP) is 19.6. The second-order valence-electron chi connectivity index (χ2n) is 29.8. The van der Waals surface area contributed by atoms with E-state index >= 15 is 0 Å². The van der Waals surface area contributed by atoms with Crippen LogP contribution >= 0.6 is 0 Å². The molecule has 0 amide bonds. The third-order valence-corrected chi connectivity index (χ3v) is 22.9. The third-order valence-electron chi connectivity index (χ3n) is 22.9. The molecule has 7 aliphatic heterocycles. The van der Waals surface area contributed by atoms with Gasteiger partial charge in [0, 0.05) is 0 Å². The molecule has 0 spiro atoms. The summed E-state index contributed by atoms with van der Waals surface area (Å²) >= 11 is 0. The van der Waals surface area contributed by atoms with E-state index in [0.29, 0.717) is 40.7 Å². The molecule has 0 aromatic heterocycles. The SMILES string of the molecule is CCOC(=O)c1cc(-c2ccc(C34CCN(CC3)CC4)cc2)c2ccc(-c3ccc(C)cc3)cc2c1.CCOC(=O)c1cc(B2OC(C)(C)C(C)(C)O2)c2ccc(-c3ccc(C)cc3)cc2c1.Cc1ccc(-c2ccc3c(-c4ccc(C56CCN(CC5)CC6)cc4)cc(C(=O)O)cc3c2)cc1. The van der Waals surface area contributed by atoms with Crippen LogP contribution in [0.2, 0.25) is 0 Å². The van der Waals surface area contributed by atoms with Crippen molar-refractivity contribution in [3.05, 3.63) is 257 Å². The van der Waals surface area contributed by atoms with E-state index in [1.54, 1.807) is 6.07 Å². The molecule has 11 aromatic carbocycles. The Hall–Kier alpha value is -9.49. The lowest BCUT2D eigenvalue weighted by atomic mass is 9.67. The fraction of sp³-hybridized carbons (Fsp3) is 0.300. The molecule has 18 rings (SSSR count). The zero-order chi connectivity index (χ0) is 70.4. The topological polar surface area (TPSA) is 115 Å². The van der Waals surface area contributed by atoms with Crippen molar-refractivity contribution in [3.63, 3.8) is 0 Å². The highest BCUT2D eigenvalue weighted by Crippen LogP contribution is 2.46. The van der Waals surface area contributed by atoms with Crippen LogP contribution in [0.3, 0.4) is 0 Å². The molecule has 11 heteroatoms. The molecule has 7 fully saturated rings. The lowest BCUT2D eigenvalue weighted by Crippen LogP contribution is -2.50. The molecule has 7 aliphatic rings. The number of carbonyl (C=O) groups excluding carboxylic acids is 2. The molecular formula is C90H91BN2O8. The molecule has 0 unspecified atom stereocenters. The van der Waals surface area contributed by atoms with Crippen molar-refractivity contribution in [1.29, 1.82) is 0 Å². The van der Waals surface area contributed by atoms with Crippen molar-refractivity contribution in [2.45, 2.75) is 123 Å². The van der Waals surface area contributed by atoms with Gasteiger partial charge >= 0.3 is 25.0 Å². The van der Waals surface area contributed by atoms with Crippen LogP contribution in [-0.4, -0.2) is 104 Å². The molecule has 11 aromatic rings. The van der Waals surface area contributed by atoms with E-state index in [1.807, 2.05) is 71.9 Å². The van der Waals surface area contributed by atoms with E-state index in [2.05, 4.69) is 206 Å². The van der Waals surface area contributed by atoms with Gasteiger partial charge in [0.1, 0.15) is 0 Å². The average molecular weight is 1340 g/mol. The van der Waals surface area contributed by atoms with E-state index in [0.717, 1.165) is 87.9 Å². The molecule has 512 valence electrons. The molecule has 7 saturated heterocycles. The van der Waals surface area contributed by atoms with Gasteiger partial charge in [-0.05, 0) is 310 Å². The summed E-state index contributed by atoms with van der Waals surface area (Å²) in [5.41, 5.74) is 19.6. The predicted molar refractivity (Wildman–Crippen MR) is 412 cm³/mol. The van der Waals surface area contributed by atoms with Gasteiger partial charge in [0.25, 0.3) is 0 Å². The highest BCUT2D eigenvalue weighted by Gasteiger charge is 2.52. The smallest absolute Gasteiger partial charge is 0.478 e. The van der Waals surface area contributed by atoms with Crippen molar-refractivity contribution >= 4 is 62.8 Å². The number of rotatable bonds is 13. The van der Waals surface area contributed by atoms with E-state index in [9.17, 15) is 19.5 Å². The largest absolute Gasteiger partial charge is 0.495 e. The Kier molecular flexibility index (Phi) is 19.1. The number of benzene rings is 11. The number of esters is 2. The minimum Gasteiger partial charge on any atom is -0.478 e. The number of fused-ring (bicyclic) bond motifs is 9. The van der Waals surface area contributed by atoms with Gasteiger partial charge in [-0.15, -0.1) is 0 Å². The summed E-state index contributed by atoms with van der Waals surface area (Å²) in [7, 11) is -0.563. The van der Waals surface area contributed by atoms with E-state index in [1.165, 1.54) is 111 Å². The Labute approximate surface area is 595 Å². The van der Waals surface area contributed by atoms with Crippen LogP contribution in [0.15, 0.2) is 212 Å². The number of carboxylic acids is 1. The van der Waals surface area contributed by atoms with Gasteiger partial charge in [0.05, 0.1) is 41.1 Å². The second kappa shape index (κ2) is 28.2. The maximum absolute atomic E-state index is 12.8. The van der Waals surface area contributed by atoms with Crippen molar-refractivity contribution in [3.8, 4) is 55.6 Å². The van der Waals surface area contributed by atoms with E-state index < -0.39 is 24.3 Å². The van der Waals surface area contributed by atoms with Crippen LogP contribution in [0.5, 0.6) is 0 Å². The molecule has 0 radical (unpaired) electrons. The van der Waals surface area contributed by atoms with Gasteiger partial charge in [0.2, 0.25) is 0 Å². The van der Waals surface area contributed by atoms with Gasteiger partial charge in [-0.3, -0.25) is 0 Å². The third kappa shape index (κ3) is 14.1. The maximum atomic E-state index is 12.8. The first kappa shape index (κ1) is 68.6. The zero-order valence-electron chi connectivity index (χ0n) is 59.9. The Bertz CT molecular complexity index is 4870. The molecule has 101 heavy (non-hydrogen) atoms. The Balaban J connectivity index is 0.000000129. The standard InChI is InChI=1S/C33H33NO2.C31H29NO2.C26H29BO4/c1-3-36-32(35)28-21-27-20-26(24-6-4-23(2)5-7-24)10-13-30(27)31(22-28)25-8-11-29(12-9-25)33-14-17-34(18-15-33)19-16-33;1-21-2-4-22(5-3-21)24-8-11-28-25(18-24)19-26(30(33)34)20-29(28)23-6-9-27(10-7-23)31-12-15-32(16-13-31)17-14-31;1-7-29-24(28)21-15-20-14-19(18-10-8-17(2)9-11-18)12-13-22(20)23(16-21)27-30-25(3,4)26(5,6)31-27/h4-13,20-22H,3,14-19H2,1-2H3;2-11,18-20H,12-17H2,1H3,(H,33,34);8-16H,7H2,1-6H3. The summed E-state index contributed by atoms with van der Waals surface area (Å²) < 4.78 is 23.3. The Morgan fingerprint density at radius 3 is 1.05 bits per heavy atom. The maximum Gasteiger partial charge on any atom is 0.495 e. The summed E-state index contributed by atoms with van der Waals surface area (Å²) in [4.78, 5) is 42.5. The number of piperidine rings is 6. The Morgan fingerprint density at radius 1 is 0.386 bits per heavy atom. The fourth-order valence-corrected chi connectivity index (χ4v) is 15.9. The first-order valence-corrected chi connectivity index (χ1v) is 36.2. The summed E-state index contributed by atoms with van der Waals surface area (Å²) in [6.45, 7) is 26.0. The molecule has 0 aliphatic carbocycles. The minimum atomic E-state index is -0.895. The van der Waals surface area contributed by atoms with Crippen molar-refractivity contribution in [1.82, 2.24) is 9.80 Å². The minimum absolute atomic E-state index is 0.272. The lowest BCUT2D eigenvalue weighted by Gasteiger charge is -2.49. The molecule has 0 saturated carbocycles. The number of hydrogen-bond acceptors (Lipinski definition) is 9. The molecule has 7 heterocycles. The number of aromatic carboxylic acids is 1. The highest BCUT2D eigenvalue weighted by atomic mass is 16.7. The van der Waals surface area contributed by atoms with Gasteiger partial charge in [-0.2, -0.15) is 0 Å². The van der Waals surface area contributed by atoms with Gasteiger partial charge in [-0.25, -0.2) is 14.4 Å². The summed E-state index contributed by atoms with van der Waals surface area (Å²) in [5.74, 6) is -1.51. The number of carbonyl (C=O) groups is 3. The average Bonchev–Trinajstić information content (AvgIpc) is 1.75. The van der Waals surface area contributed by atoms with Crippen molar-refractivity contribution in [2.24, 2.45) is 0 Å². The van der Waals surface area contributed by atoms with E-state index in [-0.39, 0.29) is 11.9 Å². The quantitative estimate of drug-likeness (QED) is 0.0884. The summed E-state index contributed by atoms with van der Waals surface area (Å²) in [6, 6.07) is 74.1. The van der Waals surface area contributed by atoms with Crippen molar-refractivity contribution < 1.29 is 38.3 Å². The molecular weight excluding hydrogens is 1250 g/mol. The van der Waals surface area contributed by atoms with Crippen LogP contribution in [0.25, 0.3) is 88.0 Å². The molecule has 4 bridgehead atoms. The van der Waals surface area contributed by atoms with E-state index in [4.69, 9.17) is 18.8 Å². The summed E-state index contributed by atoms with van der Waals surface area (Å²) in [5, 5.41) is 16.0. The second-order valence-corrected chi connectivity index (χ2v) is 29.8. The lowest BCUT2D eigenvalue weighted by molar-refractivity contribution is 0.00578. The normalized spacial score (nSPS) is 20.0. The van der Waals surface area contributed by atoms with Crippen LogP contribution in [0.1, 0.15) is 139 Å². The number of aryl methyl sites for hydroxylation is 3. The van der Waals surface area contributed by atoms with Gasteiger partial charge < -0.3 is 33.7 Å².